The second-order valence-electron chi connectivity index (χ2n) is 5.68. The molecule has 0 bridgehead atoms. The molecule has 118 valence electrons. The Bertz CT molecular complexity index is 652. The van der Waals surface area contributed by atoms with Crippen molar-refractivity contribution in [2.75, 3.05) is 19.7 Å². The van der Waals surface area contributed by atoms with Crippen LogP contribution in [-0.2, 0) is 11.3 Å². The molecule has 1 aromatic heterocycles. The second-order valence-corrected chi connectivity index (χ2v) is 6.50. The Morgan fingerprint density at radius 2 is 2.14 bits per heavy atom. The monoisotopic (exact) mass is 339 g/mol. The molecule has 0 radical (unpaired) electrons. The number of aryl methyl sites for hydroxylation is 2. The Labute approximate surface area is 140 Å². The quantitative estimate of drug-likeness (QED) is 0.921. The lowest BCUT2D eigenvalue weighted by Crippen LogP contribution is -2.38. The lowest BCUT2D eigenvalue weighted by Gasteiger charge is -2.33. The van der Waals surface area contributed by atoms with Gasteiger partial charge in [-0.1, -0.05) is 29.3 Å². The first-order valence-electron chi connectivity index (χ1n) is 7.34. The smallest absolute Gasteiger partial charge is 0.0953 e. The number of morpholine rings is 1. The molecule has 0 aliphatic carbocycles. The highest BCUT2D eigenvalue weighted by Crippen LogP contribution is 2.29. The van der Waals surface area contributed by atoms with Gasteiger partial charge in [-0.2, -0.15) is 5.10 Å². The fraction of sp³-hybridized carbons (Fsp3) is 0.438. The largest absolute Gasteiger partial charge is 0.371 e. The topological polar surface area (TPSA) is 41.2 Å². The molecule has 4 nitrogen and oxygen atoms in total. The summed E-state index contributed by atoms with van der Waals surface area (Å²) in [5.74, 6) is 0. The predicted molar refractivity (Wildman–Crippen MR) is 88.5 cm³/mol. The fourth-order valence-corrected chi connectivity index (χ4v) is 3.10. The molecule has 1 aliphatic heterocycles. The average molecular weight is 340 g/mol. The van der Waals surface area contributed by atoms with E-state index < -0.39 is 0 Å². The highest BCUT2D eigenvalue weighted by atomic mass is 35.5. The Kier molecular flexibility index (Phi) is 4.73. The lowest BCUT2D eigenvalue weighted by molar-refractivity contribution is -0.0330. The molecule has 1 N–H and O–H groups in total. The van der Waals surface area contributed by atoms with E-state index in [1.165, 1.54) is 5.56 Å². The minimum Gasteiger partial charge on any atom is -0.371 e. The minimum atomic E-state index is 0.0241. The van der Waals surface area contributed by atoms with Gasteiger partial charge in [0.25, 0.3) is 0 Å². The highest BCUT2D eigenvalue weighted by Gasteiger charge is 2.23. The molecule has 1 atom stereocenters. The summed E-state index contributed by atoms with van der Waals surface area (Å²) in [5.41, 5.74) is 4.54. The molecule has 22 heavy (non-hydrogen) atoms. The number of benzene rings is 1. The van der Waals surface area contributed by atoms with Crippen molar-refractivity contribution in [2.45, 2.75) is 26.5 Å². The lowest BCUT2D eigenvalue weighted by atomic mass is 10.1. The van der Waals surface area contributed by atoms with Crippen molar-refractivity contribution >= 4 is 23.2 Å². The van der Waals surface area contributed by atoms with E-state index in [1.807, 2.05) is 25.1 Å². The third-order valence-corrected chi connectivity index (χ3v) is 4.87. The third kappa shape index (κ3) is 3.30. The standard InChI is InChI=1S/C16H19Cl2N3O/c1-10-13(11(2)20-19-10)8-21-5-6-22-16(9-21)12-3-4-14(17)15(18)7-12/h3-4,7,16H,5-6,8-9H2,1-2H3,(H,19,20)/t16-/m0/s1. The van der Waals surface area contributed by atoms with Crippen LogP contribution in [-0.4, -0.2) is 34.8 Å². The second kappa shape index (κ2) is 6.59. The van der Waals surface area contributed by atoms with Gasteiger partial charge in [0.1, 0.15) is 0 Å². The maximum Gasteiger partial charge on any atom is 0.0953 e. The van der Waals surface area contributed by atoms with Gasteiger partial charge in [0.05, 0.1) is 28.5 Å². The average Bonchev–Trinajstić information content (AvgIpc) is 2.82. The number of aromatic amines is 1. The minimum absolute atomic E-state index is 0.0241. The van der Waals surface area contributed by atoms with E-state index in [0.29, 0.717) is 16.7 Å². The van der Waals surface area contributed by atoms with Crippen LogP contribution in [0.2, 0.25) is 10.0 Å². The molecule has 2 heterocycles. The predicted octanol–water partition coefficient (Wildman–Crippen LogP) is 3.91. The van der Waals surface area contributed by atoms with E-state index in [1.54, 1.807) is 0 Å². The zero-order valence-corrected chi connectivity index (χ0v) is 14.2. The van der Waals surface area contributed by atoms with Crippen molar-refractivity contribution in [2.24, 2.45) is 0 Å². The maximum absolute atomic E-state index is 6.11. The van der Waals surface area contributed by atoms with Gasteiger partial charge in [0.2, 0.25) is 0 Å². The number of nitrogens with one attached hydrogen (secondary N) is 1. The molecule has 1 fully saturated rings. The summed E-state index contributed by atoms with van der Waals surface area (Å²) in [6.07, 6.45) is 0.0241. The van der Waals surface area contributed by atoms with Crippen LogP contribution in [0, 0.1) is 13.8 Å². The molecule has 3 rings (SSSR count). The van der Waals surface area contributed by atoms with Crippen LogP contribution in [0.4, 0.5) is 0 Å². The Morgan fingerprint density at radius 3 is 2.82 bits per heavy atom. The molecule has 1 aliphatic rings. The fourth-order valence-electron chi connectivity index (χ4n) is 2.79. The van der Waals surface area contributed by atoms with E-state index >= 15 is 0 Å². The van der Waals surface area contributed by atoms with E-state index in [2.05, 4.69) is 22.0 Å². The summed E-state index contributed by atoms with van der Waals surface area (Å²) >= 11 is 12.1. The number of aromatic nitrogens is 2. The van der Waals surface area contributed by atoms with E-state index in [9.17, 15) is 0 Å². The van der Waals surface area contributed by atoms with Gasteiger partial charge in [-0.05, 0) is 31.5 Å². The third-order valence-electron chi connectivity index (χ3n) is 4.13. The first-order valence-corrected chi connectivity index (χ1v) is 8.09. The molecule has 6 heteroatoms. The van der Waals surface area contributed by atoms with Crippen molar-refractivity contribution in [1.29, 1.82) is 0 Å². The molecule has 2 aromatic rings. The number of ether oxygens (including phenoxy) is 1. The summed E-state index contributed by atoms with van der Waals surface area (Å²) in [6.45, 7) is 7.45. The van der Waals surface area contributed by atoms with Crippen LogP contribution in [0.1, 0.15) is 28.6 Å². The normalized spacial score (nSPS) is 19.5. The molecule has 1 aromatic carbocycles. The van der Waals surface area contributed by atoms with Crippen LogP contribution in [0.3, 0.4) is 0 Å². The molecular weight excluding hydrogens is 321 g/mol. The zero-order chi connectivity index (χ0) is 15.7. The summed E-state index contributed by atoms with van der Waals surface area (Å²) < 4.78 is 5.90. The van der Waals surface area contributed by atoms with Crippen LogP contribution in [0.15, 0.2) is 18.2 Å². The van der Waals surface area contributed by atoms with Crippen molar-refractivity contribution in [3.8, 4) is 0 Å². The van der Waals surface area contributed by atoms with Gasteiger partial charge in [0, 0.05) is 30.9 Å². The number of H-pyrrole nitrogens is 1. The van der Waals surface area contributed by atoms with Crippen LogP contribution < -0.4 is 0 Å². The Morgan fingerprint density at radius 1 is 1.32 bits per heavy atom. The van der Waals surface area contributed by atoms with Crippen molar-refractivity contribution in [3.05, 3.63) is 50.8 Å². The molecule has 0 saturated carbocycles. The first-order chi connectivity index (χ1) is 10.5. The van der Waals surface area contributed by atoms with Gasteiger partial charge in [-0.15, -0.1) is 0 Å². The molecule has 0 amide bonds. The number of halogens is 2. The van der Waals surface area contributed by atoms with Crippen molar-refractivity contribution < 1.29 is 4.74 Å². The summed E-state index contributed by atoms with van der Waals surface area (Å²) in [7, 11) is 0. The summed E-state index contributed by atoms with van der Waals surface area (Å²) in [5, 5.41) is 8.45. The van der Waals surface area contributed by atoms with Gasteiger partial charge >= 0.3 is 0 Å². The Balaban J connectivity index is 1.72. The van der Waals surface area contributed by atoms with E-state index in [0.717, 1.165) is 36.6 Å². The van der Waals surface area contributed by atoms with E-state index in [-0.39, 0.29) is 6.10 Å². The number of hydrogen-bond donors (Lipinski definition) is 1. The Hall–Kier alpha value is -1.07. The van der Waals surface area contributed by atoms with Gasteiger partial charge < -0.3 is 4.74 Å². The van der Waals surface area contributed by atoms with Crippen molar-refractivity contribution in [3.63, 3.8) is 0 Å². The maximum atomic E-state index is 6.11. The number of hydrogen-bond acceptors (Lipinski definition) is 3. The zero-order valence-electron chi connectivity index (χ0n) is 12.7. The summed E-state index contributed by atoms with van der Waals surface area (Å²) in [6, 6.07) is 5.70. The van der Waals surface area contributed by atoms with Crippen LogP contribution in [0.5, 0.6) is 0 Å². The van der Waals surface area contributed by atoms with Gasteiger partial charge in [-0.3, -0.25) is 10.00 Å². The van der Waals surface area contributed by atoms with Gasteiger partial charge in [0.15, 0.2) is 0 Å². The molecule has 0 unspecified atom stereocenters. The number of nitrogens with zero attached hydrogens (tertiary/aromatic N) is 2. The van der Waals surface area contributed by atoms with E-state index in [4.69, 9.17) is 27.9 Å². The molecular formula is C16H19Cl2N3O. The first kappa shape index (κ1) is 15.8. The number of rotatable bonds is 3. The van der Waals surface area contributed by atoms with Crippen LogP contribution in [0.25, 0.3) is 0 Å². The highest BCUT2D eigenvalue weighted by molar-refractivity contribution is 6.42. The SMILES string of the molecule is Cc1n[nH]c(C)c1CN1CCO[C@H](c2ccc(Cl)c(Cl)c2)C1. The van der Waals surface area contributed by atoms with Crippen LogP contribution >= 0.6 is 23.2 Å². The van der Waals surface area contributed by atoms with Crippen molar-refractivity contribution in [1.82, 2.24) is 15.1 Å². The molecule has 1 saturated heterocycles. The molecule has 0 spiro atoms. The van der Waals surface area contributed by atoms with Gasteiger partial charge in [-0.25, -0.2) is 0 Å². The summed E-state index contributed by atoms with van der Waals surface area (Å²) in [4.78, 5) is 2.39.